The van der Waals surface area contributed by atoms with Gasteiger partial charge in [-0.3, -0.25) is 0 Å². The topological polar surface area (TPSA) is 9.86 Å². The molecule has 2 aliphatic rings. The van der Waals surface area contributed by atoms with Gasteiger partial charge in [-0.2, -0.15) is 0 Å². The number of rotatable bonds is 3. The Hall–Kier alpha value is -5.60. The molecule has 6 aromatic carbocycles. The van der Waals surface area contributed by atoms with Gasteiger partial charge in [-0.1, -0.05) is 117 Å². The average molecular weight is 603 g/mol. The molecule has 224 valence electrons. The van der Waals surface area contributed by atoms with Gasteiger partial charge in [-0.05, 0) is 88.7 Å². The van der Waals surface area contributed by atoms with Crippen molar-refractivity contribution >= 4 is 49.2 Å². The first-order valence-electron chi connectivity index (χ1n) is 16.8. The molecule has 2 aliphatic carbocycles. The van der Waals surface area contributed by atoms with Crippen LogP contribution < -0.4 is 0 Å². The second-order valence-electron chi connectivity index (χ2n) is 13.7. The molecule has 10 rings (SSSR count). The van der Waals surface area contributed by atoms with E-state index in [1.165, 1.54) is 88.4 Å². The summed E-state index contributed by atoms with van der Waals surface area (Å²) < 4.78 is 5.02. The van der Waals surface area contributed by atoms with E-state index in [2.05, 4.69) is 169 Å². The fourth-order valence-corrected chi connectivity index (χ4v) is 8.56. The van der Waals surface area contributed by atoms with Gasteiger partial charge in [0.05, 0.1) is 27.8 Å². The van der Waals surface area contributed by atoms with Crippen LogP contribution in [0, 0.1) is 0 Å². The van der Waals surface area contributed by atoms with Gasteiger partial charge in [0, 0.05) is 32.6 Å². The minimum atomic E-state index is -0.0776. The first-order valence-corrected chi connectivity index (χ1v) is 16.8. The summed E-state index contributed by atoms with van der Waals surface area (Å²) in [6.45, 7) is 4.75. The molecule has 0 spiro atoms. The van der Waals surface area contributed by atoms with Gasteiger partial charge in [0.25, 0.3) is 0 Å². The van der Waals surface area contributed by atoms with Crippen molar-refractivity contribution in [3.05, 3.63) is 162 Å². The first kappa shape index (κ1) is 26.6. The minimum Gasteiger partial charge on any atom is -0.307 e. The quantitative estimate of drug-likeness (QED) is 0.190. The van der Waals surface area contributed by atoms with Crippen LogP contribution in [0.4, 0.5) is 0 Å². The second kappa shape index (κ2) is 9.70. The van der Waals surface area contributed by atoms with E-state index in [1.54, 1.807) is 0 Å². The molecule has 0 radical (unpaired) electrons. The van der Waals surface area contributed by atoms with Gasteiger partial charge in [0.1, 0.15) is 0 Å². The molecule has 2 nitrogen and oxygen atoms in total. The summed E-state index contributed by atoms with van der Waals surface area (Å²) >= 11 is 0. The van der Waals surface area contributed by atoms with Crippen molar-refractivity contribution in [1.29, 1.82) is 0 Å². The fourth-order valence-electron chi connectivity index (χ4n) is 8.56. The average Bonchev–Trinajstić information content (AvgIpc) is 3.71. The lowest BCUT2D eigenvalue weighted by Gasteiger charge is -2.22. The van der Waals surface area contributed by atoms with E-state index in [0.717, 1.165) is 12.8 Å². The zero-order valence-corrected chi connectivity index (χ0v) is 26.7. The Labute approximate surface area is 274 Å². The fraction of sp³-hybridized carbons (Fsp3) is 0.111. The normalized spacial score (nSPS) is 15.1. The molecule has 0 amide bonds. The zero-order valence-electron chi connectivity index (χ0n) is 26.7. The third-order valence-electron chi connectivity index (χ3n) is 10.8. The maximum Gasteiger partial charge on any atom is 0.0782 e. The molecule has 8 aromatic rings. The van der Waals surface area contributed by atoms with Gasteiger partial charge >= 0.3 is 0 Å². The van der Waals surface area contributed by atoms with Crippen LogP contribution in [0.3, 0.4) is 0 Å². The largest absolute Gasteiger partial charge is 0.307 e. The van der Waals surface area contributed by atoms with E-state index in [4.69, 9.17) is 0 Å². The summed E-state index contributed by atoms with van der Waals surface area (Å²) in [5.41, 5.74) is 15.5. The third kappa shape index (κ3) is 3.67. The molecule has 2 aromatic heterocycles. The molecule has 0 unspecified atom stereocenters. The number of benzene rings is 6. The summed E-state index contributed by atoms with van der Waals surface area (Å²) in [5.74, 6) is 0. The number of hydrogen-bond acceptors (Lipinski definition) is 0. The van der Waals surface area contributed by atoms with Gasteiger partial charge < -0.3 is 9.13 Å². The van der Waals surface area contributed by atoms with Crippen molar-refractivity contribution in [1.82, 2.24) is 9.13 Å². The molecule has 0 N–H and O–H groups in total. The van der Waals surface area contributed by atoms with Crippen LogP contribution in [0.5, 0.6) is 0 Å². The van der Waals surface area contributed by atoms with Crippen molar-refractivity contribution < 1.29 is 0 Å². The molecular formula is C45H34N2. The minimum absolute atomic E-state index is 0.0776. The Kier molecular flexibility index (Phi) is 5.49. The highest BCUT2D eigenvalue weighted by molar-refractivity contribution is 6.16. The number of hydrogen-bond donors (Lipinski definition) is 0. The van der Waals surface area contributed by atoms with E-state index in [-0.39, 0.29) is 5.41 Å². The van der Waals surface area contributed by atoms with Crippen molar-refractivity contribution in [2.75, 3.05) is 0 Å². The number of aromatic nitrogens is 2. The van der Waals surface area contributed by atoms with Crippen molar-refractivity contribution in [2.24, 2.45) is 0 Å². The molecule has 0 fully saturated rings. The maximum absolute atomic E-state index is 2.53. The second-order valence-corrected chi connectivity index (χ2v) is 13.7. The van der Waals surface area contributed by atoms with Crippen molar-refractivity contribution in [3.8, 4) is 22.5 Å². The van der Waals surface area contributed by atoms with Crippen LogP contribution in [0.2, 0.25) is 0 Å². The molecule has 0 atom stereocenters. The molecule has 0 saturated carbocycles. The van der Waals surface area contributed by atoms with Crippen LogP contribution in [-0.4, -0.2) is 9.13 Å². The van der Waals surface area contributed by atoms with Crippen LogP contribution >= 0.6 is 0 Å². The van der Waals surface area contributed by atoms with Crippen LogP contribution in [0.15, 0.2) is 146 Å². The highest BCUT2D eigenvalue weighted by Gasteiger charge is 2.36. The van der Waals surface area contributed by atoms with Gasteiger partial charge in [-0.25, -0.2) is 0 Å². The lowest BCUT2D eigenvalue weighted by molar-refractivity contribution is 0.661. The van der Waals surface area contributed by atoms with Gasteiger partial charge in [0.2, 0.25) is 0 Å². The molecule has 2 heteroatoms. The summed E-state index contributed by atoms with van der Waals surface area (Å²) in [7, 11) is 0. The van der Waals surface area contributed by atoms with Crippen LogP contribution in [0.1, 0.15) is 43.4 Å². The molecule has 0 aliphatic heterocycles. The van der Waals surface area contributed by atoms with E-state index < -0.39 is 0 Å². The summed E-state index contributed by atoms with van der Waals surface area (Å²) in [6.07, 6.45) is 8.89. The lowest BCUT2D eigenvalue weighted by atomic mass is 9.82. The van der Waals surface area contributed by atoms with Gasteiger partial charge in [0.15, 0.2) is 0 Å². The Bertz CT molecular complexity index is 2650. The zero-order chi connectivity index (χ0) is 31.3. The molecule has 0 saturated heterocycles. The number of fused-ring (bicyclic) bond motifs is 9. The first-order chi connectivity index (χ1) is 23.1. The summed E-state index contributed by atoms with van der Waals surface area (Å²) in [5, 5.41) is 5.12. The highest BCUT2D eigenvalue weighted by Crippen LogP contribution is 2.51. The Morgan fingerprint density at radius 1 is 0.553 bits per heavy atom. The van der Waals surface area contributed by atoms with E-state index in [0.29, 0.717) is 0 Å². The Morgan fingerprint density at radius 3 is 2.11 bits per heavy atom. The van der Waals surface area contributed by atoms with Crippen LogP contribution in [-0.2, 0) is 5.41 Å². The maximum atomic E-state index is 2.53. The molecule has 2 heterocycles. The van der Waals surface area contributed by atoms with E-state index >= 15 is 0 Å². The predicted octanol–water partition coefficient (Wildman–Crippen LogP) is 11.9. The van der Waals surface area contributed by atoms with E-state index in [1.807, 2.05) is 0 Å². The Morgan fingerprint density at radius 2 is 1.28 bits per heavy atom. The number of nitrogens with zero attached hydrogens (tertiary/aromatic N) is 2. The summed E-state index contributed by atoms with van der Waals surface area (Å²) in [4.78, 5) is 0. The standard InChI is InChI=1S/C45H34N2/c1-45(2)38-22-9-6-18-32(38)36-27-37-34-20-8-11-24-41(34)47(43(37)28-39(36)45)42-25-13-21-35-33-19-7-10-23-40(33)46(44(35)42)31-17-12-16-30(26-31)29-14-4-3-5-15-29/h3-4,6-14,16-28H,5,15H2,1-2H3. The smallest absolute Gasteiger partial charge is 0.0782 e. The summed E-state index contributed by atoms with van der Waals surface area (Å²) in [6, 6.07) is 47.7. The third-order valence-corrected chi connectivity index (χ3v) is 10.8. The number of allylic oxidation sites excluding steroid dienone is 4. The predicted molar refractivity (Wildman–Crippen MR) is 199 cm³/mol. The lowest BCUT2D eigenvalue weighted by Crippen LogP contribution is -2.15. The SMILES string of the molecule is CC1(C)c2ccccc2-c2cc3c4ccccc4n(-c4cccc5c6ccccc6n(-c6cccc(C7=CC=CCC7)c6)c45)c3cc21. The molecule has 0 bridgehead atoms. The highest BCUT2D eigenvalue weighted by atomic mass is 15.1. The monoisotopic (exact) mass is 602 g/mol. The van der Waals surface area contributed by atoms with Crippen molar-refractivity contribution in [3.63, 3.8) is 0 Å². The van der Waals surface area contributed by atoms with E-state index in [9.17, 15) is 0 Å². The Balaban J connectivity index is 1.32. The van der Waals surface area contributed by atoms with Gasteiger partial charge in [-0.15, -0.1) is 0 Å². The van der Waals surface area contributed by atoms with Crippen molar-refractivity contribution in [2.45, 2.75) is 32.1 Å². The number of para-hydroxylation sites is 3. The van der Waals surface area contributed by atoms with Crippen LogP contribution in [0.25, 0.3) is 71.7 Å². The molecular weight excluding hydrogens is 569 g/mol. The molecule has 47 heavy (non-hydrogen) atoms.